The van der Waals surface area contributed by atoms with Gasteiger partial charge in [-0.25, -0.2) is 18.2 Å². The van der Waals surface area contributed by atoms with E-state index in [-0.39, 0.29) is 12.1 Å². The number of Topliss-reactive ketones (excluding diaryl/α,β-unsaturated/α-hetero) is 1. The first-order valence-corrected chi connectivity index (χ1v) is 12.5. The molecule has 8 heteroatoms. The molecular formula is C26H24N2O5S. The van der Waals surface area contributed by atoms with Crippen molar-refractivity contribution < 1.29 is 22.7 Å². The third kappa shape index (κ3) is 4.17. The molecule has 3 aromatic rings. The van der Waals surface area contributed by atoms with Gasteiger partial charge in [0.15, 0.2) is 21.3 Å². The molecule has 174 valence electrons. The van der Waals surface area contributed by atoms with Crippen molar-refractivity contribution in [1.29, 1.82) is 0 Å². The molecule has 7 nitrogen and oxygen atoms in total. The van der Waals surface area contributed by atoms with E-state index in [4.69, 9.17) is 0 Å². The van der Waals surface area contributed by atoms with Crippen molar-refractivity contribution in [1.82, 2.24) is 4.98 Å². The lowest BCUT2D eigenvalue weighted by Gasteiger charge is -2.24. The number of methoxy groups -OCH3 is 1. The van der Waals surface area contributed by atoms with Crippen molar-refractivity contribution in [2.75, 3.05) is 13.4 Å². The van der Waals surface area contributed by atoms with Crippen LogP contribution in [-0.2, 0) is 28.9 Å². The van der Waals surface area contributed by atoms with Crippen LogP contribution >= 0.6 is 0 Å². The van der Waals surface area contributed by atoms with Gasteiger partial charge < -0.3 is 4.74 Å². The lowest BCUT2D eigenvalue weighted by molar-refractivity contribution is -0.133. The molecule has 1 aromatic heterocycles. The smallest absolute Gasteiger partial charge is 0.360 e. The van der Waals surface area contributed by atoms with Crippen molar-refractivity contribution in [2.45, 2.75) is 25.0 Å². The molecular weight excluding hydrogens is 452 g/mol. The quantitative estimate of drug-likeness (QED) is 0.514. The molecule has 0 N–H and O–H groups in total. The Hall–Kier alpha value is -3.65. The molecule has 0 spiro atoms. The maximum atomic E-state index is 12.5. The van der Waals surface area contributed by atoms with Crippen LogP contribution in [0.3, 0.4) is 0 Å². The second-order valence-electron chi connectivity index (χ2n) is 8.69. The lowest BCUT2D eigenvalue weighted by atomic mass is 9.91. The summed E-state index contributed by atoms with van der Waals surface area (Å²) in [5.74, 6) is -1.16. The second-order valence-corrected chi connectivity index (χ2v) is 11.3. The number of nitrogens with zero attached hydrogens (tertiary/aromatic N) is 2. The third-order valence-corrected chi connectivity index (χ3v) is 8.30. The molecule has 0 bridgehead atoms. The Morgan fingerprint density at radius 2 is 1.79 bits per heavy atom. The molecule has 0 radical (unpaired) electrons. The van der Waals surface area contributed by atoms with Crippen LogP contribution in [0.25, 0.3) is 27.6 Å². The van der Waals surface area contributed by atoms with Gasteiger partial charge in [0, 0.05) is 36.0 Å². The Morgan fingerprint density at radius 3 is 2.47 bits per heavy atom. The molecule has 0 atom stereocenters. The summed E-state index contributed by atoms with van der Waals surface area (Å²) in [4.78, 5) is 32.7. The highest BCUT2D eigenvalue weighted by Crippen LogP contribution is 2.37. The highest BCUT2D eigenvalue weighted by molar-refractivity contribution is 7.91. The van der Waals surface area contributed by atoms with E-state index in [0.29, 0.717) is 11.1 Å². The number of benzene rings is 2. The molecule has 0 unspecified atom stereocenters. The van der Waals surface area contributed by atoms with Gasteiger partial charge in [-0.2, -0.15) is 0 Å². The zero-order chi connectivity index (χ0) is 24.7. The fourth-order valence-electron chi connectivity index (χ4n) is 3.82. The molecule has 2 aromatic carbocycles. The number of ketones is 1. The molecule has 0 fully saturated rings. The predicted molar refractivity (Wildman–Crippen MR) is 132 cm³/mol. The Kier molecular flexibility index (Phi) is 5.95. The lowest BCUT2D eigenvalue weighted by Crippen LogP contribution is -2.28. The van der Waals surface area contributed by atoms with Crippen LogP contribution in [0.1, 0.15) is 31.4 Å². The van der Waals surface area contributed by atoms with E-state index in [2.05, 4.69) is 14.7 Å². The molecule has 2 heterocycles. The van der Waals surface area contributed by atoms with Crippen molar-refractivity contribution in [3.05, 3.63) is 72.1 Å². The average Bonchev–Trinajstić information content (AvgIpc) is 2.82. The summed E-state index contributed by atoms with van der Waals surface area (Å²) in [6.07, 6.45) is 4.46. The zero-order valence-corrected chi connectivity index (χ0v) is 20.1. The number of carbonyl (C=O) groups is 2. The number of hydrogen-bond acceptors (Lipinski definition) is 7. The minimum atomic E-state index is -3.39. The minimum absolute atomic E-state index is 0.0253. The molecule has 4 rings (SSSR count). The summed E-state index contributed by atoms with van der Waals surface area (Å²) in [5, 5.41) is 0.830. The van der Waals surface area contributed by atoms with Crippen molar-refractivity contribution >= 4 is 43.8 Å². The van der Waals surface area contributed by atoms with Crippen LogP contribution in [0.2, 0.25) is 0 Å². The summed E-state index contributed by atoms with van der Waals surface area (Å²) in [5.41, 5.74) is 4.24. The van der Waals surface area contributed by atoms with E-state index < -0.39 is 26.3 Å². The van der Waals surface area contributed by atoms with E-state index >= 15 is 0 Å². The number of carbonyl (C=O) groups excluding carboxylic acids is 2. The van der Waals surface area contributed by atoms with Crippen molar-refractivity contribution in [3.8, 4) is 11.1 Å². The van der Waals surface area contributed by atoms with Gasteiger partial charge in [-0.05, 0) is 60.4 Å². The fraction of sp³-hybridized carbons (Fsp3) is 0.231. The van der Waals surface area contributed by atoms with E-state index in [1.165, 1.54) is 19.6 Å². The number of fused-ring (bicyclic) bond motifs is 1. The first-order chi connectivity index (χ1) is 16.0. The Labute approximate surface area is 198 Å². The van der Waals surface area contributed by atoms with Gasteiger partial charge in [0.25, 0.3) is 0 Å². The van der Waals surface area contributed by atoms with E-state index in [0.717, 1.165) is 27.6 Å². The minimum Gasteiger partial charge on any atom is -0.464 e. The molecule has 1 aliphatic heterocycles. The number of esters is 1. The SMILES string of the molecule is COC(=O)C1=NC=C(c2cccc(-c3cc(C(C)(C)S(C)(=O)=O)cc4cccnc34)c2)CC1=O. The molecule has 0 saturated heterocycles. The highest BCUT2D eigenvalue weighted by Gasteiger charge is 2.33. The standard InChI is InChI=1S/C26H24N2O5S/c1-26(2,34(4,31)32)20-12-18-9-6-10-27-23(18)21(14-20)17-8-5-7-16(11-17)19-13-22(29)24(28-15-19)25(30)33-3/h5-12,14-15H,13H2,1-4H3. The first-order valence-electron chi connectivity index (χ1n) is 10.6. The van der Waals surface area contributed by atoms with Crippen LogP contribution in [0, 0.1) is 0 Å². The number of ether oxygens (including phenoxy) is 1. The van der Waals surface area contributed by atoms with E-state index in [9.17, 15) is 18.0 Å². The van der Waals surface area contributed by atoms with E-state index in [1.807, 2.05) is 48.5 Å². The normalized spacial score (nSPS) is 14.5. The van der Waals surface area contributed by atoms with Gasteiger partial charge in [0.2, 0.25) is 0 Å². The van der Waals surface area contributed by atoms with E-state index in [1.54, 1.807) is 20.0 Å². The number of aromatic nitrogens is 1. The van der Waals surface area contributed by atoms with Gasteiger partial charge >= 0.3 is 5.97 Å². The van der Waals surface area contributed by atoms with Gasteiger partial charge in [0.1, 0.15) is 0 Å². The van der Waals surface area contributed by atoms with Gasteiger partial charge in [-0.1, -0.05) is 24.3 Å². The Balaban J connectivity index is 1.86. The van der Waals surface area contributed by atoms with Crippen LogP contribution in [0.4, 0.5) is 0 Å². The Morgan fingerprint density at radius 1 is 1.06 bits per heavy atom. The third-order valence-electron chi connectivity index (χ3n) is 6.21. The number of hydrogen-bond donors (Lipinski definition) is 0. The number of rotatable bonds is 5. The highest BCUT2D eigenvalue weighted by atomic mass is 32.2. The maximum absolute atomic E-state index is 12.5. The fourth-order valence-corrected chi connectivity index (χ4v) is 4.36. The molecule has 0 aliphatic carbocycles. The molecule has 0 saturated carbocycles. The summed E-state index contributed by atoms with van der Waals surface area (Å²) in [6, 6.07) is 15.0. The maximum Gasteiger partial charge on any atom is 0.360 e. The summed E-state index contributed by atoms with van der Waals surface area (Å²) in [6.45, 7) is 3.38. The molecule has 34 heavy (non-hydrogen) atoms. The average molecular weight is 477 g/mol. The van der Waals surface area contributed by atoms with Crippen LogP contribution in [0.5, 0.6) is 0 Å². The topological polar surface area (TPSA) is 103 Å². The number of sulfone groups is 1. The summed E-state index contributed by atoms with van der Waals surface area (Å²) < 4.78 is 28.6. The number of allylic oxidation sites excluding steroid dienone is 1. The molecule has 0 amide bonds. The van der Waals surface area contributed by atoms with Crippen LogP contribution in [-0.4, -0.2) is 44.2 Å². The van der Waals surface area contributed by atoms with Crippen molar-refractivity contribution in [3.63, 3.8) is 0 Å². The van der Waals surface area contributed by atoms with Gasteiger partial charge in [-0.15, -0.1) is 0 Å². The molecule has 1 aliphatic rings. The predicted octanol–water partition coefficient (Wildman–Crippen LogP) is 4.11. The number of aliphatic imine (C=N–C) groups is 1. The van der Waals surface area contributed by atoms with Gasteiger partial charge in [0.05, 0.1) is 17.4 Å². The van der Waals surface area contributed by atoms with Crippen LogP contribution in [0.15, 0.2) is 65.9 Å². The monoisotopic (exact) mass is 476 g/mol. The first kappa shape index (κ1) is 23.5. The van der Waals surface area contributed by atoms with Gasteiger partial charge in [-0.3, -0.25) is 9.78 Å². The zero-order valence-electron chi connectivity index (χ0n) is 19.3. The van der Waals surface area contributed by atoms with Crippen LogP contribution < -0.4 is 0 Å². The summed E-state index contributed by atoms with van der Waals surface area (Å²) in [7, 11) is -2.18. The largest absolute Gasteiger partial charge is 0.464 e. The van der Waals surface area contributed by atoms with Crippen molar-refractivity contribution in [2.24, 2.45) is 4.99 Å². The Bertz CT molecular complexity index is 1500. The second kappa shape index (κ2) is 8.61. The summed E-state index contributed by atoms with van der Waals surface area (Å²) >= 11 is 0. The number of pyridine rings is 1.